The number of hydrogen-bond donors (Lipinski definition) is 0. The van der Waals surface area contributed by atoms with E-state index in [9.17, 15) is 18.5 Å². The van der Waals surface area contributed by atoms with Gasteiger partial charge in [-0.3, -0.25) is 10.1 Å². The zero-order chi connectivity index (χ0) is 19.3. The molecule has 1 aromatic carbocycles. The molecule has 10 heteroatoms. The lowest BCUT2D eigenvalue weighted by Gasteiger charge is -2.15. The van der Waals surface area contributed by atoms with Gasteiger partial charge >= 0.3 is 5.69 Å². The van der Waals surface area contributed by atoms with Gasteiger partial charge in [0, 0.05) is 31.1 Å². The molecule has 0 unspecified atom stereocenters. The second kappa shape index (κ2) is 8.68. The third-order valence-electron chi connectivity index (χ3n) is 4.06. The number of ether oxygens (including phenoxy) is 1. The Morgan fingerprint density at radius 3 is 2.59 bits per heavy atom. The highest BCUT2D eigenvalue weighted by Crippen LogP contribution is 2.26. The molecule has 1 aliphatic heterocycles. The third-order valence-corrected chi connectivity index (χ3v) is 6.86. The number of thioether (sulfide) groups is 1. The van der Waals surface area contributed by atoms with Crippen LogP contribution < -0.4 is 4.74 Å². The van der Waals surface area contributed by atoms with Gasteiger partial charge in [-0.2, -0.15) is 4.31 Å². The average molecular weight is 409 g/mol. The summed E-state index contributed by atoms with van der Waals surface area (Å²) in [6.07, 6.45) is 3.15. The predicted molar refractivity (Wildman–Crippen MR) is 102 cm³/mol. The van der Waals surface area contributed by atoms with Crippen LogP contribution in [0.2, 0.25) is 0 Å². The molecule has 0 radical (unpaired) electrons. The van der Waals surface area contributed by atoms with Crippen molar-refractivity contribution in [1.82, 2.24) is 9.29 Å². The van der Waals surface area contributed by atoms with Gasteiger partial charge in [0.2, 0.25) is 10.0 Å². The standard InChI is InChI=1S/C17H19N3O5S2/c21-20(22)15-5-1-2-6-16(15)25-11-12-26-17-8-7-14(13-18-17)27(23,24)19-9-3-4-10-19/h1-2,5-8,13H,3-4,9-12H2. The van der Waals surface area contributed by atoms with Crippen LogP contribution in [0.15, 0.2) is 52.5 Å². The predicted octanol–water partition coefficient (Wildman–Crippen LogP) is 2.95. The van der Waals surface area contributed by atoms with Crippen molar-refractivity contribution in [3.8, 4) is 5.75 Å². The van der Waals surface area contributed by atoms with E-state index in [-0.39, 0.29) is 22.9 Å². The van der Waals surface area contributed by atoms with E-state index in [0.717, 1.165) is 12.8 Å². The number of nitro benzene ring substituents is 1. The van der Waals surface area contributed by atoms with Crippen molar-refractivity contribution in [3.05, 3.63) is 52.7 Å². The smallest absolute Gasteiger partial charge is 0.310 e. The SMILES string of the molecule is O=[N+]([O-])c1ccccc1OCCSc1ccc(S(=O)(=O)N2CCCC2)cn1. The first-order valence-electron chi connectivity index (χ1n) is 8.44. The van der Waals surface area contributed by atoms with Gasteiger partial charge in [0.05, 0.1) is 16.6 Å². The van der Waals surface area contributed by atoms with E-state index in [1.165, 1.54) is 28.3 Å². The molecule has 0 atom stereocenters. The Bertz CT molecular complexity index is 897. The summed E-state index contributed by atoms with van der Waals surface area (Å²) in [5, 5.41) is 11.6. The van der Waals surface area contributed by atoms with Gasteiger partial charge in [-0.05, 0) is 31.0 Å². The molecular weight excluding hydrogens is 390 g/mol. The second-order valence-corrected chi connectivity index (χ2v) is 8.92. The second-order valence-electron chi connectivity index (χ2n) is 5.87. The highest BCUT2D eigenvalue weighted by molar-refractivity contribution is 7.99. The van der Waals surface area contributed by atoms with Crippen molar-refractivity contribution in [2.45, 2.75) is 22.8 Å². The van der Waals surface area contributed by atoms with E-state index in [4.69, 9.17) is 4.74 Å². The van der Waals surface area contributed by atoms with Crippen molar-refractivity contribution in [2.75, 3.05) is 25.4 Å². The molecule has 2 aromatic rings. The number of sulfonamides is 1. The van der Waals surface area contributed by atoms with Crippen LogP contribution in [0.25, 0.3) is 0 Å². The molecule has 144 valence electrons. The van der Waals surface area contributed by atoms with E-state index in [0.29, 0.717) is 23.9 Å². The van der Waals surface area contributed by atoms with Crippen LogP contribution in [0.3, 0.4) is 0 Å². The lowest BCUT2D eigenvalue weighted by molar-refractivity contribution is -0.385. The minimum absolute atomic E-state index is 0.0721. The van der Waals surface area contributed by atoms with Crippen molar-refractivity contribution < 1.29 is 18.1 Å². The number of rotatable bonds is 8. The molecule has 8 nitrogen and oxygen atoms in total. The number of pyridine rings is 1. The van der Waals surface area contributed by atoms with Crippen molar-refractivity contribution in [2.24, 2.45) is 0 Å². The first-order valence-corrected chi connectivity index (χ1v) is 10.9. The molecule has 0 aliphatic carbocycles. The van der Waals surface area contributed by atoms with Gasteiger partial charge in [-0.25, -0.2) is 13.4 Å². The zero-order valence-electron chi connectivity index (χ0n) is 14.5. The molecule has 1 aromatic heterocycles. The highest BCUT2D eigenvalue weighted by atomic mass is 32.2. The summed E-state index contributed by atoms with van der Waals surface area (Å²) in [7, 11) is -3.46. The first-order chi connectivity index (χ1) is 13.0. The Morgan fingerprint density at radius 1 is 1.19 bits per heavy atom. The first kappa shape index (κ1) is 19.6. The summed E-state index contributed by atoms with van der Waals surface area (Å²) in [4.78, 5) is 14.9. The third kappa shape index (κ3) is 4.76. The monoisotopic (exact) mass is 409 g/mol. The quantitative estimate of drug-likeness (QED) is 0.286. The Morgan fingerprint density at radius 2 is 1.93 bits per heavy atom. The summed E-state index contributed by atoms with van der Waals surface area (Å²) in [6, 6.07) is 9.44. The largest absolute Gasteiger partial charge is 0.486 e. The maximum Gasteiger partial charge on any atom is 0.310 e. The number of hydrogen-bond acceptors (Lipinski definition) is 7. The van der Waals surface area contributed by atoms with Crippen LogP contribution in [0.1, 0.15) is 12.8 Å². The summed E-state index contributed by atoms with van der Waals surface area (Å²) in [6.45, 7) is 1.38. The number of aromatic nitrogens is 1. The minimum Gasteiger partial charge on any atom is -0.486 e. The number of benzene rings is 1. The number of para-hydroxylation sites is 2. The number of nitro groups is 1. The van der Waals surface area contributed by atoms with Crippen LogP contribution in [-0.2, 0) is 10.0 Å². The van der Waals surface area contributed by atoms with Crippen LogP contribution in [0.5, 0.6) is 5.75 Å². The molecule has 0 N–H and O–H groups in total. The molecule has 0 spiro atoms. The zero-order valence-corrected chi connectivity index (χ0v) is 16.1. The maximum atomic E-state index is 12.5. The summed E-state index contributed by atoms with van der Waals surface area (Å²) < 4.78 is 31.9. The molecule has 3 rings (SSSR count). The summed E-state index contributed by atoms with van der Waals surface area (Å²) in [5.74, 6) is 0.750. The average Bonchev–Trinajstić information content (AvgIpc) is 3.21. The summed E-state index contributed by atoms with van der Waals surface area (Å²) >= 11 is 1.39. The Kier molecular flexibility index (Phi) is 6.30. The Labute approximate surface area is 161 Å². The van der Waals surface area contributed by atoms with Gasteiger partial charge < -0.3 is 4.74 Å². The molecule has 1 fully saturated rings. The lowest BCUT2D eigenvalue weighted by Crippen LogP contribution is -2.27. The van der Waals surface area contributed by atoms with Crippen LogP contribution in [0, 0.1) is 10.1 Å². The van der Waals surface area contributed by atoms with E-state index in [1.807, 2.05) is 0 Å². The summed E-state index contributed by atoms with van der Waals surface area (Å²) in [5.41, 5.74) is -0.0721. The molecule has 1 aliphatic rings. The van der Waals surface area contributed by atoms with Gasteiger partial charge in [0.15, 0.2) is 5.75 Å². The topological polar surface area (TPSA) is 103 Å². The molecule has 2 heterocycles. The van der Waals surface area contributed by atoms with E-state index < -0.39 is 14.9 Å². The minimum atomic E-state index is -3.46. The van der Waals surface area contributed by atoms with Crippen molar-refractivity contribution >= 4 is 27.5 Å². The van der Waals surface area contributed by atoms with Crippen molar-refractivity contribution in [3.63, 3.8) is 0 Å². The Hall–Kier alpha value is -2.17. The fourth-order valence-electron chi connectivity index (χ4n) is 2.71. The van der Waals surface area contributed by atoms with Crippen LogP contribution >= 0.6 is 11.8 Å². The van der Waals surface area contributed by atoms with Gasteiger partial charge in [-0.1, -0.05) is 12.1 Å². The van der Waals surface area contributed by atoms with Crippen molar-refractivity contribution in [1.29, 1.82) is 0 Å². The molecule has 0 saturated carbocycles. The number of nitrogens with zero attached hydrogens (tertiary/aromatic N) is 3. The molecule has 27 heavy (non-hydrogen) atoms. The maximum absolute atomic E-state index is 12.5. The van der Waals surface area contributed by atoms with E-state index in [2.05, 4.69) is 4.98 Å². The highest BCUT2D eigenvalue weighted by Gasteiger charge is 2.27. The fourth-order valence-corrected chi connectivity index (χ4v) is 4.84. The van der Waals surface area contributed by atoms with E-state index >= 15 is 0 Å². The molecule has 0 amide bonds. The molecule has 0 bridgehead atoms. The van der Waals surface area contributed by atoms with Crippen LogP contribution in [0.4, 0.5) is 5.69 Å². The fraction of sp³-hybridized carbons (Fsp3) is 0.353. The Balaban J connectivity index is 1.53. The lowest BCUT2D eigenvalue weighted by atomic mass is 10.3. The van der Waals surface area contributed by atoms with E-state index in [1.54, 1.807) is 30.3 Å². The van der Waals surface area contributed by atoms with Gasteiger partial charge in [-0.15, -0.1) is 11.8 Å². The van der Waals surface area contributed by atoms with Crippen LogP contribution in [-0.4, -0.2) is 48.1 Å². The van der Waals surface area contributed by atoms with Gasteiger partial charge in [0.25, 0.3) is 0 Å². The molecule has 1 saturated heterocycles. The molecular formula is C17H19N3O5S2. The van der Waals surface area contributed by atoms with Gasteiger partial charge in [0.1, 0.15) is 4.90 Å². The normalized spacial score (nSPS) is 15.0.